The maximum atomic E-state index is 13.5. The Bertz CT molecular complexity index is 935. The summed E-state index contributed by atoms with van der Waals surface area (Å²) in [5.41, 5.74) is 0.656. The fourth-order valence-corrected chi connectivity index (χ4v) is 3.61. The van der Waals surface area contributed by atoms with Gasteiger partial charge in [-0.1, -0.05) is 24.3 Å². The number of benzene rings is 2. The van der Waals surface area contributed by atoms with Gasteiger partial charge in [-0.3, -0.25) is 9.69 Å². The third-order valence-electron chi connectivity index (χ3n) is 5.13. The van der Waals surface area contributed by atoms with Gasteiger partial charge < -0.3 is 19.7 Å². The van der Waals surface area contributed by atoms with E-state index in [0.29, 0.717) is 43.2 Å². The molecule has 1 heterocycles. The summed E-state index contributed by atoms with van der Waals surface area (Å²) in [7, 11) is 1.54. The zero-order valence-corrected chi connectivity index (χ0v) is 18.9. The average molecular weight is 444 g/mol. The summed E-state index contributed by atoms with van der Waals surface area (Å²) in [5, 5.41) is 2.93. The summed E-state index contributed by atoms with van der Waals surface area (Å²) >= 11 is 0. The summed E-state index contributed by atoms with van der Waals surface area (Å²) in [6.45, 7) is 7.28. The third kappa shape index (κ3) is 5.97. The van der Waals surface area contributed by atoms with E-state index in [-0.39, 0.29) is 17.8 Å². The van der Waals surface area contributed by atoms with Gasteiger partial charge in [-0.2, -0.15) is 0 Å². The molecule has 1 aliphatic heterocycles. The van der Waals surface area contributed by atoms with E-state index >= 15 is 0 Å². The molecule has 1 atom stereocenters. The van der Waals surface area contributed by atoms with Crippen LogP contribution in [0, 0.1) is 5.82 Å². The zero-order chi connectivity index (χ0) is 23.3. The Hall–Kier alpha value is -3.13. The molecule has 2 aromatic rings. The van der Waals surface area contributed by atoms with E-state index in [1.54, 1.807) is 36.3 Å². The molecule has 0 bridgehead atoms. The molecule has 3 rings (SSSR count). The van der Waals surface area contributed by atoms with Crippen LogP contribution in [0.15, 0.2) is 48.5 Å². The number of para-hydroxylation sites is 2. The molecular formula is C24H30FN3O4. The molecule has 0 radical (unpaired) electrons. The highest BCUT2D eigenvalue weighted by molar-refractivity contribution is 5.96. The molecule has 2 amide bonds. The quantitative estimate of drug-likeness (QED) is 0.755. The molecule has 2 aromatic carbocycles. The van der Waals surface area contributed by atoms with Crippen molar-refractivity contribution >= 4 is 17.7 Å². The first-order valence-electron chi connectivity index (χ1n) is 10.6. The number of hydrogen-bond donors (Lipinski definition) is 1. The average Bonchev–Trinajstić information content (AvgIpc) is 2.75. The van der Waals surface area contributed by atoms with E-state index in [4.69, 9.17) is 9.47 Å². The lowest BCUT2D eigenvalue weighted by molar-refractivity contribution is -0.122. The van der Waals surface area contributed by atoms with Gasteiger partial charge in [0.1, 0.15) is 23.2 Å². The standard InChI is InChI=1S/C24H30FN3O4/c1-24(2,3)32-23(30)28-15-13-27(14-16-28)21(17-9-11-18(25)12-10-17)22(29)26-19-7-5-6-8-20(19)31-4/h5-12,21H,13-16H2,1-4H3,(H,26,29). The van der Waals surface area contributed by atoms with Gasteiger partial charge >= 0.3 is 6.09 Å². The molecule has 32 heavy (non-hydrogen) atoms. The lowest BCUT2D eigenvalue weighted by Crippen LogP contribution is -2.52. The molecule has 7 nitrogen and oxygen atoms in total. The Kier molecular flexibility index (Phi) is 7.35. The molecule has 0 saturated carbocycles. The van der Waals surface area contributed by atoms with E-state index in [1.807, 2.05) is 37.8 Å². The smallest absolute Gasteiger partial charge is 0.410 e. The van der Waals surface area contributed by atoms with Gasteiger partial charge in [-0.15, -0.1) is 0 Å². The number of rotatable bonds is 5. The number of amides is 2. The number of anilines is 1. The van der Waals surface area contributed by atoms with Gasteiger partial charge in [-0.05, 0) is 50.6 Å². The Balaban J connectivity index is 1.78. The fraction of sp³-hybridized carbons (Fsp3) is 0.417. The number of carbonyl (C=O) groups is 2. The molecule has 8 heteroatoms. The number of piperazine rings is 1. The molecule has 1 N–H and O–H groups in total. The number of nitrogens with one attached hydrogen (secondary N) is 1. The van der Waals surface area contributed by atoms with Crippen LogP contribution in [-0.2, 0) is 9.53 Å². The van der Waals surface area contributed by atoms with Crippen LogP contribution in [-0.4, -0.2) is 60.7 Å². The molecule has 1 fully saturated rings. The monoisotopic (exact) mass is 443 g/mol. The summed E-state index contributed by atoms with van der Waals surface area (Å²) < 4.78 is 24.3. The number of methoxy groups -OCH3 is 1. The number of ether oxygens (including phenoxy) is 2. The number of carbonyl (C=O) groups excluding carboxylic acids is 2. The van der Waals surface area contributed by atoms with Crippen LogP contribution in [0.2, 0.25) is 0 Å². The first-order valence-corrected chi connectivity index (χ1v) is 10.6. The van der Waals surface area contributed by atoms with Gasteiger partial charge in [0.2, 0.25) is 5.91 Å². The third-order valence-corrected chi connectivity index (χ3v) is 5.13. The normalized spacial score (nSPS) is 15.7. The van der Waals surface area contributed by atoms with E-state index in [0.717, 1.165) is 0 Å². The van der Waals surface area contributed by atoms with E-state index < -0.39 is 11.6 Å². The van der Waals surface area contributed by atoms with Crippen molar-refractivity contribution in [3.05, 3.63) is 59.9 Å². The minimum Gasteiger partial charge on any atom is -0.495 e. The molecule has 172 valence electrons. The summed E-state index contributed by atoms with van der Waals surface area (Å²) in [6.07, 6.45) is -0.367. The molecule has 0 aromatic heterocycles. The first-order chi connectivity index (χ1) is 15.2. The van der Waals surface area contributed by atoms with Crippen LogP contribution in [0.3, 0.4) is 0 Å². The molecule has 1 aliphatic rings. The van der Waals surface area contributed by atoms with Crippen molar-refractivity contribution < 1.29 is 23.5 Å². The van der Waals surface area contributed by atoms with Crippen molar-refractivity contribution in [1.29, 1.82) is 0 Å². The molecule has 1 saturated heterocycles. The second kappa shape index (κ2) is 9.99. The van der Waals surface area contributed by atoms with Crippen LogP contribution < -0.4 is 10.1 Å². The second-order valence-corrected chi connectivity index (χ2v) is 8.65. The lowest BCUT2D eigenvalue weighted by Gasteiger charge is -2.39. The van der Waals surface area contributed by atoms with Crippen molar-refractivity contribution in [3.63, 3.8) is 0 Å². The van der Waals surface area contributed by atoms with Crippen molar-refractivity contribution in [2.75, 3.05) is 38.6 Å². The number of halogens is 1. The lowest BCUT2D eigenvalue weighted by atomic mass is 10.0. The highest BCUT2D eigenvalue weighted by Crippen LogP contribution is 2.28. The Morgan fingerprint density at radius 1 is 1.00 bits per heavy atom. The van der Waals surface area contributed by atoms with Crippen molar-refractivity contribution in [3.8, 4) is 5.75 Å². The van der Waals surface area contributed by atoms with Gasteiger partial charge in [0.05, 0.1) is 12.8 Å². The molecule has 0 spiro atoms. The Morgan fingerprint density at radius 2 is 1.62 bits per heavy atom. The maximum absolute atomic E-state index is 13.5. The predicted octanol–water partition coefficient (Wildman–Crippen LogP) is 4.07. The van der Waals surface area contributed by atoms with E-state index in [2.05, 4.69) is 5.32 Å². The van der Waals surface area contributed by atoms with Crippen LogP contribution in [0.4, 0.5) is 14.9 Å². The van der Waals surface area contributed by atoms with Gasteiger partial charge in [0.15, 0.2) is 0 Å². The van der Waals surface area contributed by atoms with Crippen molar-refractivity contribution in [1.82, 2.24) is 9.80 Å². The van der Waals surface area contributed by atoms with Gasteiger partial charge in [0.25, 0.3) is 0 Å². The first kappa shape index (κ1) is 23.5. The Labute approximate surface area is 188 Å². The zero-order valence-electron chi connectivity index (χ0n) is 18.9. The van der Waals surface area contributed by atoms with Crippen LogP contribution in [0.25, 0.3) is 0 Å². The molecule has 0 aliphatic carbocycles. The summed E-state index contributed by atoms with van der Waals surface area (Å²) in [6, 6.07) is 12.4. The summed E-state index contributed by atoms with van der Waals surface area (Å²) in [4.78, 5) is 29.4. The van der Waals surface area contributed by atoms with E-state index in [9.17, 15) is 14.0 Å². The highest BCUT2D eigenvalue weighted by atomic mass is 19.1. The summed E-state index contributed by atoms with van der Waals surface area (Å²) in [5.74, 6) is -0.0762. The topological polar surface area (TPSA) is 71.1 Å². The SMILES string of the molecule is COc1ccccc1NC(=O)C(c1ccc(F)cc1)N1CCN(C(=O)OC(C)(C)C)CC1. The van der Waals surface area contributed by atoms with Crippen LogP contribution in [0.1, 0.15) is 32.4 Å². The number of hydrogen-bond acceptors (Lipinski definition) is 5. The minimum absolute atomic E-state index is 0.258. The van der Waals surface area contributed by atoms with Crippen LogP contribution >= 0.6 is 0 Å². The predicted molar refractivity (Wildman–Crippen MR) is 120 cm³/mol. The maximum Gasteiger partial charge on any atom is 0.410 e. The Morgan fingerprint density at radius 3 is 2.22 bits per heavy atom. The van der Waals surface area contributed by atoms with Crippen molar-refractivity contribution in [2.24, 2.45) is 0 Å². The van der Waals surface area contributed by atoms with E-state index in [1.165, 1.54) is 12.1 Å². The minimum atomic E-state index is -0.652. The van der Waals surface area contributed by atoms with Gasteiger partial charge in [-0.25, -0.2) is 9.18 Å². The molecular weight excluding hydrogens is 413 g/mol. The fourth-order valence-electron chi connectivity index (χ4n) is 3.61. The number of nitrogens with zero attached hydrogens (tertiary/aromatic N) is 2. The highest BCUT2D eigenvalue weighted by Gasteiger charge is 2.33. The molecule has 1 unspecified atom stereocenters. The van der Waals surface area contributed by atoms with Gasteiger partial charge in [0, 0.05) is 26.2 Å². The van der Waals surface area contributed by atoms with Crippen LogP contribution in [0.5, 0.6) is 5.75 Å². The second-order valence-electron chi connectivity index (χ2n) is 8.65. The largest absolute Gasteiger partial charge is 0.495 e. The van der Waals surface area contributed by atoms with Crippen molar-refractivity contribution in [2.45, 2.75) is 32.4 Å².